The van der Waals surface area contributed by atoms with Crippen LogP contribution in [0.4, 0.5) is 10.7 Å². The number of hydrogen-bond acceptors (Lipinski definition) is 5. The second-order valence-corrected chi connectivity index (χ2v) is 3.82. The van der Waals surface area contributed by atoms with Crippen molar-refractivity contribution in [2.24, 2.45) is 0 Å². The molecule has 5 nitrogen and oxygen atoms in total. The van der Waals surface area contributed by atoms with Crippen LogP contribution in [0, 0.1) is 10.1 Å². The lowest BCUT2D eigenvalue weighted by molar-refractivity contribution is -0.380. The summed E-state index contributed by atoms with van der Waals surface area (Å²) in [5.74, 6) is -0.0909. The maximum Gasteiger partial charge on any atom is 0.325 e. The van der Waals surface area contributed by atoms with Crippen molar-refractivity contribution in [3.63, 3.8) is 0 Å². The van der Waals surface area contributed by atoms with E-state index in [1.807, 2.05) is 0 Å². The molecule has 2 aromatic rings. The SMILES string of the molecule is Nc1ccc2sc([N+](=O)[O-])cc2c1O. The predicted molar refractivity (Wildman–Crippen MR) is 54.6 cm³/mol. The van der Waals surface area contributed by atoms with Crippen LogP contribution in [-0.2, 0) is 0 Å². The lowest BCUT2D eigenvalue weighted by Gasteiger charge is -1.97. The average Bonchev–Trinajstić information content (AvgIpc) is 2.56. The van der Waals surface area contributed by atoms with E-state index in [0.717, 1.165) is 11.3 Å². The zero-order valence-electron chi connectivity index (χ0n) is 6.93. The van der Waals surface area contributed by atoms with Gasteiger partial charge < -0.3 is 10.8 Å². The van der Waals surface area contributed by atoms with E-state index in [1.54, 1.807) is 6.07 Å². The molecule has 0 spiro atoms. The Morgan fingerprint density at radius 2 is 2.21 bits per heavy atom. The van der Waals surface area contributed by atoms with Gasteiger partial charge >= 0.3 is 5.00 Å². The summed E-state index contributed by atoms with van der Waals surface area (Å²) in [7, 11) is 0. The Hall–Kier alpha value is -1.82. The van der Waals surface area contributed by atoms with E-state index in [1.165, 1.54) is 12.1 Å². The number of nitro groups is 1. The molecule has 0 fully saturated rings. The Labute approximate surface area is 82.5 Å². The first-order chi connectivity index (χ1) is 6.59. The molecule has 0 atom stereocenters. The topological polar surface area (TPSA) is 89.4 Å². The molecular weight excluding hydrogens is 204 g/mol. The van der Waals surface area contributed by atoms with Crippen LogP contribution >= 0.6 is 11.3 Å². The number of anilines is 1. The molecule has 0 amide bonds. The van der Waals surface area contributed by atoms with Crippen LogP contribution in [0.3, 0.4) is 0 Å². The highest BCUT2D eigenvalue weighted by Crippen LogP contribution is 2.38. The van der Waals surface area contributed by atoms with Gasteiger partial charge in [0.05, 0.1) is 10.6 Å². The van der Waals surface area contributed by atoms with Crippen molar-refractivity contribution >= 4 is 32.1 Å². The fourth-order valence-electron chi connectivity index (χ4n) is 1.19. The van der Waals surface area contributed by atoms with Crippen molar-refractivity contribution in [1.82, 2.24) is 0 Å². The van der Waals surface area contributed by atoms with Crippen molar-refractivity contribution in [1.29, 1.82) is 0 Å². The van der Waals surface area contributed by atoms with Crippen molar-refractivity contribution in [2.75, 3.05) is 5.73 Å². The third-order valence-electron chi connectivity index (χ3n) is 1.87. The van der Waals surface area contributed by atoms with Gasteiger partial charge in [-0.15, -0.1) is 0 Å². The van der Waals surface area contributed by atoms with E-state index in [4.69, 9.17) is 5.73 Å². The highest BCUT2D eigenvalue weighted by atomic mass is 32.1. The number of nitrogens with two attached hydrogens (primary N) is 1. The van der Waals surface area contributed by atoms with Gasteiger partial charge in [-0.25, -0.2) is 0 Å². The quantitative estimate of drug-likeness (QED) is 0.326. The van der Waals surface area contributed by atoms with Crippen LogP contribution in [0.5, 0.6) is 5.75 Å². The molecule has 2 rings (SSSR count). The molecule has 3 N–H and O–H groups in total. The van der Waals surface area contributed by atoms with Crippen molar-refractivity contribution in [3.8, 4) is 5.75 Å². The molecule has 14 heavy (non-hydrogen) atoms. The molecule has 0 aliphatic carbocycles. The molecule has 1 aromatic carbocycles. The Balaban J connectivity index is 2.77. The maximum atomic E-state index is 10.5. The fourth-order valence-corrected chi connectivity index (χ4v) is 2.07. The van der Waals surface area contributed by atoms with Crippen LogP contribution in [-0.4, -0.2) is 10.0 Å². The zero-order valence-corrected chi connectivity index (χ0v) is 7.75. The molecule has 0 bridgehead atoms. The Kier molecular flexibility index (Phi) is 1.78. The van der Waals surface area contributed by atoms with Gasteiger partial charge in [0.2, 0.25) is 0 Å². The molecule has 0 saturated carbocycles. The third-order valence-corrected chi connectivity index (χ3v) is 2.92. The van der Waals surface area contributed by atoms with Gasteiger partial charge in [0.25, 0.3) is 0 Å². The summed E-state index contributed by atoms with van der Waals surface area (Å²) < 4.78 is 0.656. The van der Waals surface area contributed by atoms with E-state index in [9.17, 15) is 15.2 Å². The number of nitrogen functional groups attached to an aromatic ring is 1. The van der Waals surface area contributed by atoms with Crippen LogP contribution < -0.4 is 5.73 Å². The number of phenolic OH excluding ortho intramolecular Hbond substituents is 1. The molecule has 1 aromatic heterocycles. The minimum Gasteiger partial charge on any atom is -0.505 e. The predicted octanol–water partition coefficient (Wildman–Crippen LogP) is 2.10. The van der Waals surface area contributed by atoms with Crippen LogP contribution in [0.25, 0.3) is 10.1 Å². The van der Waals surface area contributed by atoms with Crippen LogP contribution in [0.15, 0.2) is 18.2 Å². The number of aromatic hydroxyl groups is 1. The highest BCUT2D eigenvalue weighted by Gasteiger charge is 2.14. The standard InChI is InChI=1S/C8H6N2O3S/c9-5-1-2-6-4(8(5)11)3-7(14-6)10(12)13/h1-3,11H,9H2. The molecule has 0 aliphatic rings. The number of rotatable bonds is 1. The largest absolute Gasteiger partial charge is 0.505 e. The first-order valence-electron chi connectivity index (χ1n) is 3.75. The number of phenols is 1. The van der Waals surface area contributed by atoms with Crippen molar-refractivity contribution in [3.05, 3.63) is 28.3 Å². The van der Waals surface area contributed by atoms with Crippen LogP contribution in [0.1, 0.15) is 0 Å². The van der Waals surface area contributed by atoms with Gasteiger partial charge in [0.15, 0.2) is 0 Å². The first kappa shape index (κ1) is 8.76. The second kappa shape index (κ2) is 2.85. The summed E-state index contributed by atoms with van der Waals surface area (Å²) in [6.45, 7) is 0. The molecule has 0 saturated heterocycles. The minimum atomic E-state index is -0.486. The number of nitrogens with zero attached hydrogens (tertiary/aromatic N) is 1. The van der Waals surface area contributed by atoms with E-state index in [0.29, 0.717) is 10.1 Å². The lowest BCUT2D eigenvalue weighted by atomic mass is 10.2. The number of fused-ring (bicyclic) bond motifs is 1. The van der Waals surface area contributed by atoms with Gasteiger partial charge in [-0.05, 0) is 12.1 Å². The lowest BCUT2D eigenvalue weighted by Crippen LogP contribution is -1.84. The van der Waals surface area contributed by atoms with Gasteiger partial charge in [-0.3, -0.25) is 10.1 Å². The van der Waals surface area contributed by atoms with E-state index in [-0.39, 0.29) is 16.4 Å². The van der Waals surface area contributed by atoms with Gasteiger partial charge in [0, 0.05) is 16.2 Å². The molecule has 0 unspecified atom stereocenters. The van der Waals surface area contributed by atoms with Gasteiger partial charge in [-0.2, -0.15) is 0 Å². The van der Waals surface area contributed by atoms with E-state index >= 15 is 0 Å². The van der Waals surface area contributed by atoms with Gasteiger partial charge in [-0.1, -0.05) is 11.3 Å². The molecule has 0 aliphatic heterocycles. The van der Waals surface area contributed by atoms with Crippen molar-refractivity contribution in [2.45, 2.75) is 0 Å². The molecule has 72 valence electrons. The second-order valence-electron chi connectivity index (χ2n) is 2.76. The fraction of sp³-hybridized carbons (Fsp3) is 0. The van der Waals surface area contributed by atoms with E-state index in [2.05, 4.69) is 0 Å². The summed E-state index contributed by atoms with van der Waals surface area (Å²) in [5, 5.41) is 20.4. The zero-order chi connectivity index (χ0) is 10.3. The smallest absolute Gasteiger partial charge is 0.325 e. The Morgan fingerprint density at radius 3 is 2.86 bits per heavy atom. The molecular formula is C8H6N2O3S. The summed E-state index contributed by atoms with van der Waals surface area (Å²) >= 11 is 1.01. The molecule has 0 radical (unpaired) electrons. The monoisotopic (exact) mass is 210 g/mol. The Morgan fingerprint density at radius 1 is 1.50 bits per heavy atom. The summed E-state index contributed by atoms with van der Waals surface area (Å²) in [4.78, 5) is 9.98. The first-order valence-corrected chi connectivity index (χ1v) is 4.56. The summed E-state index contributed by atoms with van der Waals surface area (Å²) in [6, 6.07) is 4.51. The van der Waals surface area contributed by atoms with Crippen molar-refractivity contribution < 1.29 is 10.0 Å². The highest BCUT2D eigenvalue weighted by molar-refractivity contribution is 7.22. The number of benzene rings is 1. The molecule has 6 heteroatoms. The molecule has 1 heterocycles. The van der Waals surface area contributed by atoms with E-state index < -0.39 is 4.92 Å². The number of thiophene rings is 1. The average molecular weight is 210 g/mol. The summed E-state index contributed by atoms with van der Waals surface area (Å²) in [5.41, 5.74) is 5.68. The maximum absolute atomic E-state index is 10.5. The van der Waals surface area contributed by atoms with Gasteiger partial charge in [0.1, 0.15) is 5.75 Å². The normalized spacial score (nSPS) is 10.6. The Bertz CT molecular complexity index is 521. The summed E-state index contributed by atoms with van der Waals surface area (Å²) in [6.07, 6.45) is 0. The van der Waals surface area contributed by atoms with Crippen LogP contribution in [0.2, 0.25) is 0 Å². The number of hydrogen-bond donors (Lipinski definition) is 2. The minimum absolute atomic E-state index is 0.000833. The third kappa shape index (κ3) is 1.16.